The Morgan fingerprint density at radius 3 is 1.78 bits per heavy atom. The van der Waals surface area contributed by atoms with Gasteiger partial charge < -0.3 is 9.80 Å². The fraction of sp³-hybridized carbons (Fsp3) is 0.692. The van der Waals surface area contributed by atoms with Gasteiger partial charge in [0.25, 0.3) is 0 Å². The van der Waals surface area contributed by atoms with Gasteiger partial charge in [-0.15, -0.1) is 0 Å². The van der Waals surface area contributed by atoms with Gasteiger partial charge in [-0.3, -0.25) is 0 Å². The largest absolute Gasteiger partial charge is 0.405 e. The zero-order valence-corrected chi connectivity index (χ0v) is 11.7. The molecule has 106 valence electrons. The van der Waals surface area contributed by atoms with Gasteiger partial charge in [0.2, 0.25) is 0 Å². The van der Waals surface area contributed by atoms with E-state index in [1.54, 1.807) is 6.08 Å². The van der Waals surface area contributed by atoms with Gasteiger partial charge in [-0.05, 0) is 24.2 Å². The maximum atomic E-state index is 12.1. The minimum atomic E-state index is -4.15. The molecule has 18 heavy (non-hydrogen) atoms. The number of allylic oxidation sites excluding steroid dienone is 2. The van der Waals surface area contributed by atoms with Gasteiger partial charge in [0.05, 0.1) is 0 Å². The second-order valence-electron chi connectivity index (χ2n) is 4.90. The number of nitrogens with zero attached hydrogens (tertiary/aromatic N) is 2. The Kier molecular flexibility index (Phi) is 6.88. The van der Waals surface area contributed by atoms with E-state index in [9.17, 15) is 13.2 Å². The van der Waals surface area contributed by atoms with Crippen LogP contribution in [0.1, 0.15) is 13.8 Å². The van der Waals surface area contributed by atoms with E-state index in [1.165, 1.54) is 13.2 Å². The summed E-state index contributed by atoms with van der Waals surface area (Å²) < 4.78 is 36.3. The molecule has 0 spiro atoms. The monoisotopic (exact) mass is 264 g/mol. The van der Waals surface area contributed by atoms with E-state index in [-0.39, 0.29) is 11.8 Å². The predicted octanol–water partition coefficient (Wildman–Crippen LogP) is 3.34. The molecule has 2 atom stereocenters. The molecule has 0 saturated heterocycles. The van der Waals surface area contributed by atoms with Crippen molar-refractivity contribution in [3.05, 3.63) is 24.6 Å². The first-order valence-electron chi connectivity index (χ1n) is 5.92. The Hall–Kier alpha value is -1.13. The van der Waals surface area contributed by atoms with Gasteiger partial charge in [-0.2, -0.15) is 13.2 Å². The minimum Gasteiger partial charge on any atom is -0.384 e. The third-order valence-electron chi connectivity index (χ3n) is 2.59. The first-order valence-corrected chi connectivity index (χ1v) is 5.92. The van der Waals surface area contributed by atoms with Crippen LogP contribution in [0.5, 0.6) is 0 Å². The SMILES string of the molecule is CC(/C=C/N(C)C)C(C)/C=C/N(C)CC(F)(F)F. The van der Waals surface area contributed by atoms with Crippen molar-refractivity contribution < 1.29 is 13.2 Å². The van der Waals surface area contributed by atoms with Crippen LogP contribution in [0, 0.1) is 11.8 Å². The second kappa shape index (κ2) is 7.34. The first kappa shape index (κ1) is 16.9. The lowest BCUT2D eigenvalue weighted by atomic mass is 9.96. The summed E-state index contributed by atoms with van der Waals surface area (Å²) in [4.78, 5) is 3.08. The highest BCUT2D eigenvalue weighted by molar-refractivity contribution is 4.95. The molecule has 0 radical (unpaired) electrons. The van der Waals surface area contributed by atoms with Crippen molar-refractivity contribution in [3.8, 4) is 0 Å². The molecule has 2 nitrogen and oxygen atoms in total. The van der Waals surface area contributed by atoms with E-state index in [4.69, 9.17) is 0 Å². The topological polar surface area (TPSA) is 6.48 Å². The van der Waals surface area contributed by atoms with Crippen molar-refractivity contribution in [1.82, 2.24) is 9.80 Å². The standard InChI is InChI=1S/C13H23F3N2/c1-11(6-8-17(3)4)12(2)7-9-18(5)10-13(14,15)16/h6-9,11-12H,10H2,1-5H3/b8-6+,9-7+. The smallest absolute Gasteiger partial charge is 0.384 e. The highest BCUT2D eigenvalue weighted by Gasteiger charge is 2.28. The van der Waals surface area contributed by atoms with E-state index >= 15 is 0 Å². The minimum absolute atomic E-state index is 0.192. The van der Waals surface area contributed by atoms with Crippen LogP contribution in [0.3, 0.4) is 0 Å². The fourth-order valence-electron chi connectivity index (χ4n) is 1.28. The summed E-state index contributed by atoms with van der Waals surface area (Å²) in [5.41, 5.74) is 0. The summed E-state index contributed by atoms with van der Waals surface area (Å²) in [6, 6.07) is 0. The van der Waals surface area contributed by atoms with Crippen LogP contribution in [-0.2, 0) is 0 Å². The zero-order valence-electron chi connectivity index (χ0n) is 11.7. The molecule has 0 heterocycles. The molecule has 0 fully saturated rings. The molecule has 0 aromatic carbocycles. The van der Waals surface area contributed by atoms with Crippen molar-refractivity contribution in [2.75, 3.05) is 27.7 Å². The van der Waals surface area contributed by atoms with Crippen molar-refractivity contribution in [2.24, 2.45) is 11.8 Å². The first-order chi connectivity index (χ1) is 8.11. The molecule has 0 bridgehead atoms. The molecule has 0 saturated carbocycles. The maximum Gasteiger partial charge on any atom is 0.405 e. The van der Waals surface area contributed by atoms with Gasteiger partial charge in [-0.25, -0.2) is 0 Å². The van der Waals surface area contributed by atoms with Crippen molar-refractivity contribution in [1.29, 1.82) is 0 Å². The Bertz CT molecular complexity index is 282. The highest BCUT2D eigenvalue weighted by Crippen LogP contribution is 2.17. The summed E-state index contributed by atoms with van der Waals surface area (Å²) in [6.07, 6.45) is 3.14. The fourth-order valence-corrected chi connectivity index (χ4v) is 1.28. The lowest BCUT2D eigenvalue weighted by molar-refractivity contribution is -0.138. The van der Waals surface area contributed by atoms with E-state index in [0.717, 1.165) is 4.90 Å². The average molecular weight is 264 g/mol. The van der Waals surface area contributed by atoms with Gasteiger partial charge in [0, 0.05) is 21.1 Å². The van der Waals surface area contributed by atoms with Gasteiger partial charge in [0.1, 0.15) is 6.54 Å². The van der Waals surface area contributed by atoms with Crippen LogP contribution in [-0.4, -0.2) is 43.7 Å². The average Bonchev–Trinajstić information content (AvgIpc) is 2.19. The molecule has 0 aliphatic rings. The third-order valence-corrected chi connectivity index (χ3v) is 2.59. The number of halogens is 3. The molecule has 5 heteroatoms. The van der Waals surface area contributed by atoms with Crippen molar-refractivity contribution >= 4 is 0 Å². The van der Waals surface area contributed by atoms with Gasteiger partial charge in [-0.1, -0.05) is 26.0 Å². The zero-order chi connectivity index (χ0) is 14.3. The van der Waals surface area contributed by atoms with E-state index in [2.05, 4.69) is 0 Å². The van der Waals surface area contributed by atoms with E-state index < -0.39 is 12.7 Å². The number of rotatable bonds is 6. The van der Waals surface area contributed by atoms with Crippen LogP contribution in [0.25, 0.3) is 0 Å². The molecule has 0 N–H and O–H groups in total. The van der Waals surface area contributed by atoms with Crippen molar-refractivity contribution in [2.45, 2.75) is 20.0 Å². The highest BCUT2D eigenvalue weighted by atomic mass is 19.4. The number of alkyl halides is 3. The lowest BCUT2D eigenvalue weighted by Crippen LogP contribution is -2.27. The van der Waals surface area contributed by atoms with Crippen LogP contribution < -0.4 is 0 Å². The molecular formula is C13H23F3N2. The summed E-state index contributed by atoms with van der Waals surface area (Å²) >= 11 is 0. The molecule has 2 unspecified atom stereocenters. The molecule has 0 aromatic rings. The predicted molar refractivity (Wildman–Crippen MR) is 69.0 cm³/mol. The summed E-state index contributed by atoms with van der Waals surface area (Å²) in [5, 5.41) is 0. The van der Waals surface area contributed by atoms with Crippen LogP contribution in [0.15, 0.2) is 24.6 Å². The molecule has 0 aliphatic heterocycles. The Balaban J connectivity index is 4.25. The van der Waals surface area contributed by atoms with Gasteiger partial charge >= 0.3 is 6.18 Å². The molecule has 0 aromatic heterocycles. The molecular weight excluding hydrogens is 241 g/mol. The Morgan fingerprint density at radius 1 is 0.944 bits per heavy atom. The van der Waals surface area contributed by atoms with Crippen molar-refractivity contribution in [3.63, 3.8) is 0 Å². The van der Waals surface area contributed by atoms with Gasteiger partial charge in [0.15, 0.2) is 0 Å². The Labute approximate surface area is 108 Å². The number of hydrogen-bond acceptors (Lipinski definition) is 2. The van der Waals surface area contributed by atoms with Crippen LogP contribution in [0.4, 0.5) is 13.2 Å². The number of hydrogen-bond donors (Lipinski definition) is 0. The summed E-state index contributed by atoms with van der Waals surface area (Å²) in [6.45, 7) is 3.11. The maximum absolute atomic E-state index is 12.1. The third kappa shape index (κ3) is 8.96. The Morgan fingerprint density at radius 2 is 1.39 bits per heavy atom. The second-order valence-corrected chi connectivity index (χ2v) is 4.90. The van der Waals surface area contributed by atoms with Crippen LogP contribution >= 0.6 is 0 Å². The summed E-state index contributed by atoms with van der Waals surface area (Å²) in [7, 11) is 5.29. The molecule has 0 aliphatic carbocycles. The quantitative estimate of drug-likeness (QED) is 0.726. The lowest BCUT2D eigenvalue weighted by Gasteiger charge is -2.18. The molecule has 0 rings (SSSR count). The molecule has 0 amide bonds. The van der Waals surface area contributed by atoms with E-state index in [1.807, 2.05) is 45.1 Å². The normalized spacial score (nSPS) is 16.2. The summed E-state index contributed by atoms with van der Waals surface area (Å²) in [5.74, 6) is 0.472. The van der Waals surface area contributed by atoms with E-state index in [0.29, 0.717) is 0 Å². The van der Waals surface area contributed by atoms with Crippen LogP contribution in [0.2, 0.25) is 0 Å².